The van der Waals surface area contributed by atoms with Crippen LogP contribution in [0.1, 0.15) is 105 Å². The van der Waals surface area contributed by atoms with Crippen LogP contribution in [-0.2, 0) is 59.2 Å². The van der Waals surface area contributed by atoms with E-state index in [2.05, 4.69) is 60.1 Å². The summed E-state index contributed by atoms with van der Waals surface area (Å²) in [6.45, 7) is 11.2. The minimum Gasteiger partial charge on any atom is -0.481 e. The smallest absolute Gasteiger partial charge is 0.326 e. The number of para-hydroxylation sites is 1. The highest BCUT2D eigenvalue weighted by molar-refractivity contribution is 7.80. The number of carboxylic acids is 2. The number of nitrogens with two attached hydrogens (primary N) is 2. The van der Waals surface area contributed by atoms with E-state index in [1.165, 1.54) is 6.92 Å². The van der Waals surface area contributed by atoms with Crippen molar-refractivity contribution in [3.05, 3.63) is 36.0 Å². The van der Waals surface area contributed by atoms with E-state index in [1.54, 1.807) is 65.9 Å². The normalized spacial score (nSPS) is 17.1. The molecule has 0 aliphatic carbocycles. The highest BCUT2D eigenvalue weighted by atomic mass is 32.1. The molecule has 1 aromatic heterocycles. The predicted molar refractivity (Wildman–Crippen MR) is 293 cm³/mol. The average Bonchev–Trinajstić information content (AvgIpc) is 4.12. The zero-order valence-corrected chi connectivity index (χ0v) is 46.9. The SMILES string of the molecule is CC[C@H](C)[C@H](NC(=O)[C@@H](NC(=O)CN)C(C)C)C(=O)N[C@@H](CC(=O)O)C(=O)N[C@H](C(=O)N1CCC[C@H]1C(=O)N[C@@H](CS)C(=O)N[C@@H](Cc1c[nH]c2ccccc12)C(=O)N[C@@H](CCCCN)C(=O)N[C@@H](CC(C)C)C(=O)O)[C@@H](C)O. The van der Waals surface area contributed by atoms with Gasteiger partial charge in [-0.2, -0.15) is 12.6 Å². The molecule has 0 bridgehead atoms. The van der Waals surface area contributed by atoms with Crippen molar-refractivity contribution in [1.82, 2.24) is 52.4 Å². The number of hydrogen-bond donors (Lipinski definition) is 15. The number of carbonyl (C=O) groups excluding carboxylic acids is 9. The Balaban J connectivity index is 1.86. The van der Waals surface area contributed by atoms with E-state index in [4.69, 9.17) is 11.5 Å². The number of fused-ring (bicyclic) bond motifs is 1. The quantitative estimate of drug-likeness (QED) is 0.0279. The third-order valence-corrected chi connectivity index (χ3v) is 14.0. The van der Waals surface area contributed by atoms with Crippen LogP contribution >= 0.6 is 12.6 Å². The highest BCUT2D eigenvalue weighted by Crippen LogP contribution is 2.22. The number of carboxylic acid groups (broad SMARTS) is 2. The molecule has 0 saturated carbocycles. The number of amides is 9. The molecular weight excluding hydrogens is 1050 g/mol. The van der Waals surface area contributed by atoms with Gasteiger partial charge in [-0.05, 0) is 81.4 Å². The number of carbonyl (C=O) groups is 11. The van der Waals surface area contributed by atoms with Crippen molar-refractivity contribution < 1.29 is 68.1 Å². The number of likely N-dealkylation sites (tertiary alicyclic amines) is 1. The molecule has 9 amide bonds. The molecule has 1 aliphatic heterocycles. The largest absolute Gasteiger partial charge is 0.481 e. The van der Waals surface area contributed by atoms with Crippen LogP contribution in [-0.4, -0.2) is 176 Å². The van der Waals surface area contributed by atoms with E-state index in [0.29, 0.717) is 24.8 Å². The van der Waals surface area contributed by atoms with Crippen LogP contribution < -0.4 is 54.0 Å². The molecule has 26 nitrogen and oxygen atoms in total. The predicted octanol–water partition coefficient (Wildman–Crippen LogP) is -1.71. The van der Waals surface area contributed by atoms with Crippen LogP contribution in [0.25, 0.3) is 10.9 Å². The van der Waals surface area contributed by atoms with Gasteiger partial charge >= 0.3 is 11.9 Å². The fourth-order valence-corrected chi connectivity index (χ4v) is 9.20. The Bertz CT molecular complexity index is 2460. The second-order valence-electron chi connectivity index (χ2n) is 20.7. The van der Waals surface area contributed by atoms with Crippen molar-refractivity contribution in [2.45, 2.75) is 167 Å². The number of H-pyrrole nitrogens is 1. The second kappa shape index (κ2) is 32.3. The van der Waals surface area contributed by atoms with E-state index < -0.39 is 150 Å². The Hall–Kier alpha value is -6.84. The van der Waals surface area contributed by atoms with E-state index in [0.717, 1.165) is 15.8 Å². The number of rotatable bonds is 33. The summed E-state index contributed by atoms with van der Waals surface area (Å²) in [6, 6.07) is -5.46. The first-order valence-electron chi connectivity index (χ1n) is 26.7. The van der Waals surface area contributed by atoms with E-state index >= 15 is 0 Å². The summed E-state index contributed by atoms with van der Waals surface area (Å²) in [4.78, 5) is 152. The van der Waals surface area contributed by atoms with Gasteiger partial charge in [-0.15, -0.1) is 0 Å². The number of nitrogens with zero attached hydrogens (tertiary/aromatic N) is 1. The molecule has 11 atom stereocenters. The molecule has 440 valence electrons. The zero-order valence-electron chi connectivity index (χ0n) is 46.0. The van der Waals surface area contributed by atoms with Crippen molar-refractivity contribution in [2.75, 3.05) is 25.4 Å². The van der Waals surface area contributed by atoms with Crippen molar-refractivity contribution in [3.8, 4) is 0 Å². The summed E-state index contributed by atoms with van der Waals surface area (Å²) in [5.41, 5.74) is 12.5. The topological polar surface area (TPSA) is 416 Å². The van der Waals surface area contributed by atoms with E-state index in [9.17, 15) is 68.1 Å². The molecular formula is C52H82N12O14S. The van der Waals surface area contributed by atoms with Crippen molar-refractivity contribution in [3.63, 3.8) is 0 Å². The number of aliphatic carboxylic acids is 2. The van der Waals surface area contributed by atoms with Crippen LogP contribution in [0.4, 0.5) is 0 Å². The van der Waals surface area contributed by atoms with Crippen molar-refractivity contribution >= 4 is 88.6 Å². The molecule has 3 rings (SSSR count). The van der Waals surface area contributed by atoms with E-state index in [1.807, 2.05) is 6.07 Å². The van der Waals surface area contributed by atoms with Gasteiger partial charge in [0.05, 0.1) is 19.1 Å². The van der Waals surface area contributed by atoms with Gasteiger partial charge in [-0.25, -0.2) is 4.79 Å². The maximum Gasteiger partial charge on any atom is 0.326 e. The monoisotopic (exact) mass is 1130 g/mol. The lowest BCUT2D eigenvalue weighted by molar-refractivity contribution is -0.145. The Labute approximate surface area is 465 Å². The zero-order chi connectivity index (χ0) is 59.3. The van der Waals surface area contributed by atoms with Crippen LogP contribution in [0.2, 0.25) is 0 Å². The van der Waals surface area contributed by atoms with Gasteiger partial charge in [-0.1, -0.05) is 66.2 Å². The van der Waals surface area contributed by atoms with Gasteiger partial charge in [-0.3, -0.25) is 47.9 Å². The van der Waals surface area contributed by atoms with E-state index in [-0.39, 0.29) is 56.9 Å². The minimum absolute atomic E-state index is 0.0556. The van der Waals surface area contributed by atoms with Gasteiger partial charge in [0.15, 0.2) is 0 Å². The minimum atomic E-state index is -1.85. The number of thiol groups is 1. The number of aromatic amines is 1. The molecule has 27 heteroatoms. The third kappa shape index (κ3) is 20.1. The van der Waals surface area contributed by atoms with Crippen LogP contribution in [0.15, 0.2) is 30.5 Å². The summed E-state index contributed by atoms with van der Waals surface area (Å²) in [6.07, 6.45) is 0.626. The molecule has 0 radical (unpaired) electrons. The molecule has 0 unspecified atom stereocenters. The molecule has 79 heavy (non-hydrogen) atoms. The maximum atomic E-state index is 14.3. The number of nitrogens with one attached hydrogen (secondary N) is 9. The van der Waals surface area contributed by atoms with Gasteiger partial charge in [0.2, 0.25) is 53.2 Å². The number of unbranched alkanes of at least 4 members (excludes halogenated alkanes) is 1. The lowest BCUT2D eigenvalue weighted by Gasteiger charge is -2.32. The molecule has 2 aromatic rings. The van der Waals surface area contributed by atoms with Gasteiger partial charge in [0.25, 0.3) is 0 Å². The number of benzene rings is 1. The van der Waals surface area contributed by atoms with Gasteiger partial charge < -0.3 is 79.2 Å². The van der Waals surface area contributed by atoms with Gasteiger partial charge in [0.1, 0.15) is 54.4 Å². The fraction of sp³-hybridized carbons (Fsp3) is 0.635. The molecule has 1 fully saturated rings. The first-order valence-corrected chi connectivity index (χ1v) is 27.3. The van der Waals surface area contributed by atoms with Crippen LogP contribution in [0.5, 0.6) is 0 Å². The van der Waals surface area contributed by atoms with Crippen LogP contribution in [0, 0.1) is 17.8 Å². The summed E-state index contributed by atoms with van der Waals surface area (Å²) < 4.78 is 0. The summed E-state index contributed by atoms with van der Waals surface area (Å²) in [5.74, 6) is -12.0. The molecule has 1 aromatic carbocycles. The first kappa shape index (κ1) is 66.4. The fourth-order valence-electron chi connectivity index (χ4n) is 8.95. The lowest BCUT2D eigenvalue weighted by Crippen LogP contribution is -2.62. The standard InChI is InChI=1S/C52H82N12O14S/c1-8-28(6)42(62-49(74)41(27(4)5)61-39(66)23-54)50(75)58-35(22-40(67)68)46(71)63-43(29(7)65)51(76)64-19-13-17-38(64)48(73)60-37(25-79)47(72)57-34(21-30-24-55-32-15-10-9-14-31(30)32)45(70)56-33(16-11-12-18-53)44(69)59-36(52(77)78)20-26(2)3/h9-10,14-15,24,26-29,33-38,41-43,55,65,79H,8,11-13,16-23,25,53-54H2,1-7H3,(H,56,70)(H,57,72)(H,58,75)(H,59,69)(H,60,73)(H,61,66)(H,62,74)(H,63,71)(H,67,68)(H,77,78)/t28-,29+,33-,34-,35-,36-,37-,38-,41-,42-,43-/m0/s1. The molecule has 1 saturated heterocycles. The van der Waals surface area contributed by atoms with Crippen molar-refractivity contribution in [2.24, 2.45) is 29.2 Å². The Morgan fingerprint density at radius 1 is 0.709 bits per heavy atom. The Morgan fingerprint density at radius 3 is 1.87 bits per heavy atom. The Kier molecular flexibility index (Phi) is 27.2. The summed E-state index contributed by atoms with van der Waals surface area (Å²) in [7, 11) is 0. The molecule has 16 N–H and O–H groups in total. The number of aromatic nitrogens is 1. The first-order chi connectivity index (χ1) is 37.3. The number of hydrogen-bond acceptors (Lipinski definition) is 15. The molecule has 1 aliphatic rings. The number of aliphatic hydroxyl groups is 1. The molecule has 2 heterocycles. The highest BCUT2D eigenvalue weighted by Gasteiger charge is 2.42. The second-order valence-corrected chi connectivity index (χ2v) is 21.0. The third-order valence-electron chi connectivity index (χ3n) is 13.6. The van der Waals surface area contributed by atoms with Gasteiger partial charge in [0, 0.05) is 35.8 Å². The number of aliphatic hydroxyl groups excluding tert-OH is 1. The lowest BCUT2D eigenvalue weighted by atomic mass is 9.96. The van der Waals surface area contributed by atoms with Crippen LogP contribution in [0.3, 0.4) is 0 Å². The van der Waals surface area contributed by atoms with Crippen molar-refractivity contribution in [1.29, 1.82) is 0 Å². The Morgan fingerprint density at radius 2 is 1.29 bits per heavy atom. The average molecular weight is 1130 g/mol. The summed E-state index contributed by atoms with van der Waals surface area (Å²) >= 11 is 4.32. The summed E-state index contributed by atoms with van der Waals surface area (Å²) in [5, 5.41) is 51.5. The maximum absolute atomic E-state index is 14.3. The molecule has 0 spiro atoms.